The smallest absolute Gasteiger partial charge is 0.166 e. The zero-order valence-electron chi connectivity index (χ0n) is 18.8. The van der Waals surface area contributed by atoms with E-state index >= 15 is 0 Å². The number of rotatable bonds is 2. The lowest BCUT2D eigenvalue weighted by molar-refractivity contribution is 0.227. The van der Waals surface area contributed by atoms with Crippen molar-refractivity contribution in [3.05, 3.63) is 64.7 Å². The van der Waals surface area contributed by atoms with E-state index in [1.165, 1.54) is 31.2 Å². The van der Waals surface area contributed by atoms with E-state index < -0.39 is 11.9 Å². The standard InChI is InChI=1S/C24H28FN7O/c1-13-20-8-18(25)5-6-19(20)24(32-14(2)27)31-12-17(9-26)22(29-10-15-3-4-15)16-7-21(33-13)23(28)30-11-16/h5-9,11,13,15H,3-4,10,12,26H2,1-2H3,(H2,28,30)(H2,27,31,32)/t13-/m1/s1. The van der Waals surface area contributed by atoms with Crippen LogP contribution in [0.15, 0.2) is 57.2 Å². The average molecular weight is 450 g/mol. The third-order valence-corrected chi connectivity index (χ3v) is 5.54. The highest BCUT2D eigenvalue weighted by Crippen LogP contribution is 2.32. The van der Waals surface area contributed by atoms with Gasteiger partial charge < -0.3 is 21.9 Å². The van der Waals surface area contributed by atoms with Crippen LogP contribution < -0.4 is 21.9 Å². The molecule has 1 aromatic heterocycles. The number of ether oxygens (including phenoxy) is 1. The van der Waals surface area contributed by atoms with Crippen molar-refractivity contribution in [2.24, 2.45) is 32.4 Å². The van der Waals surface area contributed by atoms with Crippen LogP contribution in [-0.4, -0.2) is 35.5 Å². The lowest BCUT2D eigenvalue weighted by atomic mass is 10.0. The molecule has 1 saturated carbocycles. The molecular weight excluding hydrogens is 421 g/mol. The van der Waals surface area contributed by atoms with Crippen LogP contribution in [0.2, 0.25) is 0 Å². The molecule has 1 aliphatic carbocycles. The van der Waals surface area contributed by atoms with Crippen LogP contribution in [-0.2, 0) is 0 Å². The van der Waals surface area contributed by atoms with Crippen molar-refractivity contribution >= 4 is 23.2 Å². The Hall–Kier alpha value is -3.75. The van der Waals surface area contributed by atoms with Gasteiger partial charge in [0.05, 0.1) is 18.1 Å². The van der Waals surface area contributed by atoms with Gasteiger partial charge in [-0.25, -0.2) is 14.4 Å². The number of hydrogen-bond donors (Lipinski definition) is 3. The highest BCUT2D eigenvalue weighted by molar-refractivity contribution is 6.13. The molecule has 2 aliphatic rings. The second-order valence-electron chi connectivity index (χ2n) is 8.32. The quantitative estimate of drug-likeness (QED) is 0.478. The van der Waals surface area contributed by atoms with Crippen LogP contribution in [0, 0.1) is 11.7 Å². The van der Waals surface area contributed by atoms with Crippen molar-refractivity contribution in [3.63, 3.8) is 0 Å². The summed E-state index contributed by atoms with van der Waals surface area (Å²) < 4.78 is 20.4. The molecule has 8 nitrogen and oxygen atoms in total. The molecule has 1 aliphatic heterocycles. The van der Waals surface area contributed by atoms with Gasteiger partial charge in [0, 0.05) is 41.2 Å². The van der Waals surface area contributed by atoms with Crippen LogP contribution >= 0.6 is 0 Å². The van der Waals surface area contributed by atoms with Gasteiger partial charge in [0.25, 0.3) is 0 Å². The maximum atomic E-state index is 14.2. The van der Waals surface area contributed by atoms with Crippen LogP contribution in [0.1, 0.15) is 49.5 Å². The summed E-state index contributed by atoms with van der Waals surface area (Å²) in [4.78, 5) is 18.3. The number of anilines is 1. The second kappa shape index (κ2) is 9.40. The molecule has 2 bridgehead atoms. The Morgan fingerprint density at radius 2 is 2.09 bits per heavy atom. The van der Waals surface area contributed by atoms with Crippen LogP contribution in [0.5, 0.6) is 5.75 Å². The van der Waals surface area contributed by atoms with Gasteiger partial charge in [0.2, 0.25) is 0 Å². The number of halogens is 1. The molecule has 0 amide bonds. The second-order valence-corrected chi connectivity index (χ2v) is 8.32. The minimum atomic E-state index is -0.565. The normalized spacial score (nSPS) is 21.6. The molecular formula is C24H28FN7O. The molecule has 6 N–H and O–H groups in total. The number of aliphatic imine (C=N–C) groups is 3. The fourth-order valence-corrected chi connectivity index (χ4v) is 3.62. The summed E-state index contributed by atoms with van der Waals surface area (Å²) in [5, 5.41) is 0. The zero-order chi connectivity index (χ0) is 23.5. The molecule has 1 fully saturated rings. The number of amidine groups is 2. The maximum Gasteiger partial charge on any atom is 0.166 e. The predicted molar refractivity (Wildman–Crippen MR) is 129 cm³/mol. The molecule has 9 heteroatoms. The first kappa shape index (κ1) is 22.4. The lowest BCUT2D eigenvalue weighted by Crippen LogP contribution is -2.18. The number of pyridine rings is 1. The first-order valence-electron chi connectivity index (χ1n) is 10.9. The Kier molecular flexibility index (Phi) is 6.39. The van der Waals surface area contributed by atoms with Crippen molar-refractivity contribution in [1.29, 1.82) is 0 Å². The Labute approximate surface area is 192 Å². The summed E-state index contributed by atoms with van der Waals surface area (Å²) in [7, 11) is 0. The molecule has 2 heterocycles. The van der Waals surface area contributed by atoms with Gasteiger partial charge in [-0.05, 0) is 56.9 Å². The van der Waals surface area contributed by atoms with E-state index in [-0.39, 0.29) is 12.4 Å². The Bertz CT molecular complexity index is 1180. The average Bonchev–Trinajstić information content (AvgIpc) is 3.60. The lowest BCUT2D eigenvalue weighted by Gasteiger charge is -2.21. The SMILES string of the molecule is CC(N)=NC1=NCC(=CN)C(=NCC2CC2)c2cnc(N)c(c2)O[C@H](C)c2cc(F)ccc21. The number of aromatic nitrogens is 1. The fourth-order valence-electron chi connectivity index (χ4n) is 3.62. The van der Waals surface area contributed by atoms with E-state index in [1.807, 2.05) is 0 Å². The number of nitrogens with two attached hydrogens (primary N) is 3. The summed E-state index contributed by atoms with van der Waals surface area (Å²) in [5.74, 6) is 1.47. The highest BCUT2D eigenvalue weighted by Gasteiger charge is 2.24. The monoisotopic (exact) mass is 449 g/mol. The first-order chi connectivity index (χ1) is 15.9. The predicted octanol–water partition coefficient (Wildman–Crippen LogP) is 3.12. The Morgan fingerprint density at radius 1 is 1.30 bits per heavy atom. The van der Waals surface area contributed by atoms with Crippen molar-refractivity contribution < 1.29 is 9.13 Å². The zero-order valence-corrected chi connectivity index (χ0v) is 18.8. The van der Waals surface area contributed by atoms with E-state index in [1.54, 1.807) is 32.2 Å². The molecule has 0 spiro atoms. The highest BCUT2D eigenvalue weighted by atomic mass is 19.1. The van der Waals surface area contributed by atoms with Crippen molar-refractivity contribution in [2.45, 2.75) is 32.8 Å². The number of fused-ring (bicyclic) bond motifs is 3. The summed E-state index contributed by atoms with van der Waals surface area (Å²) in [6, 6.07) is 6.17. The molecule has 2 aromatic rings. The number of nitrogen functional groups attached to an aromatic ring is 1. The number of nitrogens with zero attached hydrogens (tertiary/aromatic N) is 4. The molecule has 172 valence electrons. The van der Waals surface area contributed by atoms with Crippen LogP contribution in [0.25, 0.3) is 0 Å². The van der Waals surface area contributed by atoms with Gasteiger partial charge in [-0.2, -0.15) is 0 Å². The van der Waals surface area contributed by atoms with Gasteiger partial charge in [-0.3, -0.25) is 9.98 Å². The largest absolute Gasteiger partial charge is 0.482 e. The molecule has 1 atom stereocenters. The molecule has 4 rings (SSSR count). The van der Waals surface area contributed by atoms with Gasteiger partial charge in [0.1, 0.15) is 11.9 Å². The number of hydrogen-bond acceptors (Lipinski definition) is 7. The van der Waals surface area contributed by atoms with Gasteiger partial charge in [0.15, 0.2) is 17.4 Å². The van der Waals surface area contributed by atoms with Crippen LogP contribution in [0.4, 0.5) is 10.2 Å². The minimum Gasteiger partial charge on any atom is -0.482 e. The molecule has 0 radical (unpaired) electrons. The summed E-state index contributed by atoms with van der Waals surface area (Å²) in [6.45, 7) is 4.38. The summed E-state index contributed by atoms with van der Waals surface area (Å²) >= 11 is 0. The molecule has 33 heavy (non-hydrogen) atoms. The maximum absolute atomic E-state index is 14.2. The van der Waals surface area contributed by atoms with E-state index in [9.17, 15) is 4.39 Å². The summed E-state index contributed by atoms with van der Waals surface area (Å²) in [6.07, 6.45) is 4.91. The van der Waals surface area contributed by atoms with E-state index in [0.717, 1.165) is 5.56 Å². The summed E-state index contributed by atoms with van der Waals surface area (Å²) in [5.41, 5.74) is 21.3. The molecule has 1 aromatic carbocycles. The third kappa shape index (κ3) is 5.19. The molecule has 0 saturated heterocycles. The van der Waals surface area contributed by atoms with Crippen molar-refractivity contribution in [2.75, 3.05) is 18.8 Å². The first-order valence-corrected chi connectivity index (χ1v) is 10.9. The van der Waals surface area contributed by atoms with Crippen LogP contribution in [0.3, 0.4) is 0 Å². The third-order valence-electron chi connectivity index (χ3n) is 5.54. The number of benzene rings is 1. The minimum absolute atomic E-state index is 0.206. The Morgan fingerprint density at radius 3 is 2.79 bits per heavy atom. The van der Waals surface area contributed by atoms with Crippen molar-refractivity contribution in [1.82, 2.24) is 4.98 Å². The van der Waals surface area contributed by atoms with E-state index in [0.29, 0.717) is 52.3 Å². The Balaban J connectivity index is 1.91. The van der Waals surface area contributed by atoms with E-state index in [2.05, 4.69) is 9.98 Å². The van der Waals surface area contributed by atoms with Gasteiger partial charge >= 0.3 is 0 Å². The van der Waals surface area contributed by atoms with Crippen molar-refractivity contribution in [3.8, 4) is 5.75 Å². The van der Waals surface area contributed by atoms with Gasteiger partial charge in [-0.15, -0.1) is 0 Å². The topological polar surface area (TPSA) is 137 Å². The molecule has 0 unspecified atom stereocenters. The fraction of sp³-hybridized carbons (Fsp3) is 0.333. The van der Waals surface area contributed by atoms with E-state index in [4.69, 9.17) is 31.9 Å². The van der Waals surface area contributed by atoms with Gasteiger partial charge in [-0.1, -0.05) is 0 Å².